The molecule has 26 heavy (non-hydrogen) atoms. The first-order chi connectivity index (χ1) is 12.2. The number of methoxy groups -OCH3 is 1. The minimum Gasteiger partial charge on any atom is -0.486 e. The lowest BCUT2D eigenvalue weighted by Crippen LogP contribution is -2.50. The van der Waals surface area contributed by atoms with Crippen molar-refractivity contribution in [2.24, 2.45) is 5.92 Å². The standard InChI is InChI=1S/C16H22N2O7S/c1-10(2)15(16(20)17-9-14(19)23-3)18-26(21,22)11-4-5-12-13(8-11)25-7-6-24-12/h4-5,8,10,15,18H,6-7,9H2,1-3H3,(H,17,20)/t15-/m0/s1. The highest BCUT2D eigenvalue weighted by Crippen LogP contribution is 2.32. The summed E-state index contributed by atoms with van der Waals surface area (Å²) in [5.74, 6) is -0.802. The van der Waals surface area contributed by atoms with E-state index in [-0.39, 0.29) is 17.4 Å². The summed E-state index contributed by atoms with van der Waals surface area (Å²) in [4.78, 5) is 23.4. The number of amides is 1. The third-order valence-corrected chi connectivity index (χ3v) is 5.13. The van der Waals surface area contributed by atoms with Gasteiger partial charge in [0.1, 0.15) is 25.8 Å². The van der Waals surface area contributed by atoms with Crippen LogP contribution >= 0.6 is 0 Å². The Labute approximate surface area is 152 Å². The SMILES string of the molecule is COC(=O)CNC(=O)[C@@H](NS(=O)(=O)c1ccc2c(c1)OCCO2)C(C)C. The number of sulfonamides is 1. The number of nitrogens with one attached hydrogen (secondary N) is 2. The summed E-state index contributed by atoms with van der Waals surface area (Å²) < 4.78 is 42.9. The highest BCUT2D eigenvalue weighted by atomic mass is 32.2. The second-order valence-electron chi connectivity index (χ2n) is 5.94. The number of benzene rings is 1. The molecule has 0 saturated heterocycles. The van der Waals surface area contributed by atoms with Crippen LogP contribution in [0.1, 0.15) is 13.8 Å². The molecule has 0 fully saturated rings. The van der Waals surface area contributed by atoms with E-state index in [1.54, 1.807) is 13.8 Å². The predicted octanol–water partition coefficient (Wildman–Crippen LogP) is 0.0499. The average molecular weight is 386 g/mol. The summed E-state index contributed by atoms with van der Waals surface area (Å²) in [5, 5.41) is 2.35. The molecule has 144 valence electrons. The van der Waals surface area contributed by atoms with Gasteiger partial charge in [-0.2, -0.15) is 4.72 Å². The van der Waals surface area contributed by atoms with Gasteiger partial charge in [-0.15, -0.1) is 0 Å². The molecule has 0 saturated carbocycles. The summed E-state index contributed by atoms with van der Waals surface area (Å²) >= 11 is 0. The molecule has 0 radical (unpaired) electrons. The van der Waals surface area contributed by atoms with E-state index in [2.05, 4.69) is 14.8 Å². The predicted molar refractivity (Wildman–Crippen MR) is 91.4 cm³/mol. The van der Waals surface area contributed by atoms with Gasteiger partial charge in [0, 0.05) is 6.07 Å². The Hall–Kier alpha value is -2.33. The van der Waals surface area contributed by atoms with Crippen LogP contribution in [0.4, 0.5) is 0 Å². The number of rotatable bonds is 7. The number of carbonyl (C=O) groups excluding carboxylic acids is 2. The Morgan fingerprint density at radius 3 is 2.46 bits per heavy atom. The Kier molecular flexibility index (Phi) is 6.43. The number of hydrogen-bond acceptors (Lipinski definition) is 7. The van der Waals surface area contributed by atoms with Crippen molar-refractivity contribution in [3.63, 3.8) is 0 Å². The first-order valence-corrected chi connectivity index (χ1v) is 9.49. The van der Waals surface area contributed by atoms with Crippen LogP contribution in [-0.2, 0) is 24.3 Å². The third kappa shape index (κ3) is 4.85. The molecule has 1 amide bonds. The molecule has 2 rings (SSSR count). The first kappa shape index (κ1) is 20.0. The molecule has 10 heteroatoms. The quantitative estimate of drug-likeness (QED) is 0.635. The van der Waals surface area contributed by atoms with E-state index in [0.29, 0.717) is 24.7 Å². The van der Waals surface area contributed by atoms with Crippen molar-refractivity contribution in [1.82, 2.24) is 10.0 Å². The molecule has 1 heterocycles. The van der Waals surface area contributed by atoms with Gasteiger partial charge < -0.3 is 19.5 Å². The van der Waals surface area contributed by atoms with Gasteiger partial charge in [-0.25, -0.2) is 8.42 Å². The Balaban J connectivity index is 2.16. The highest BCUT2D eigenvalue weighted by molar-refractivity contribution is 7.89. The fourth-order valence-corrected chi connectivity index (χ4v) is 3.62. The number of esters is 1. The van der Waals surface area contributed by atoms with E-state index in [4.69, 9.17) is 9.47 Å². The van der Waals surface area contributed by atoms with Crippen LogP contribution in [0.2, 0.25) is 0 Å². The van der Waals surface area contributed by atoms with Gasteiger partial charge in [-0.05, 0) is 18.1 Å². The van der Waals surface area contributed by atoms with Crippen LogP contribution in [0.3, 0.4) is 0 Å². The van der Waals surface area contributed by atoms with Gasteiger partial charge in [-0.3, -0.25) is 9.59 Å². The van der Waals surface area contributed by atoms with Crippen molar-refractivity contribution in [2.45, 2.75) is 24.8 Å². The smallest absolute Gasteiger partial charge is 0.325 e. The maximum Gasteiger partial charge on any atom is 0.325 e. The topological polar surface area (TPSA) is 120 Å². The molecule has 9 nitrogen and oxygen atoms in total. The lowest BCUT2D eigenvalue weighted by molar-refractivity contribution is -0.141. The van der Waals surface area contributed by atoms with Crippen LogP contribution in [0, 0.1) is 5.92 Å². The van der Waals surface area contributed by atoms with Crippen molar-refractivity contribution < 1.29 is 32.2 Å². The molecule has 1 aliphatic rings. The Morgan fingerprint density at radius 1 is 1.19 bits per heavy atom. The van der Waals surface area contributed by atoms with E-state index >= 15 is 0 Å². The van der Waals surface area contributed by atoms with Crippen molar-refractivity contribution in [2.75, 3.05) is 26.9 Å². The molecule has 1 aromatic rings. The summed E-state index contributed by atoms with van der Waals surface area (Å²) in [7, 11) is -2.80. The number of carbonyl (C=O) groups is 2. The summed E-state index contributed by atoms with van der Waals surface area (Å²) in [6, 6.07) is 3.17. The minimum absolute atomic E-state index is 0.0480. The average Bonchev–Trinajstić information content (AvgIpc) is 2.63. The van der Waals surface area contributed by atoms with Gasteiger partial charge in [0.05, 0.1) is 12.0 Å². The molecular weight excluding hydrogens is 364 g/mol. The van der Waals surface area contributed by atoms with E-state index in [1.165, 1.54) is 25.3 Å². The van der Waals surface area contributed by atoms with Gasteiger partial charge in [0.2, 0.25) is 15.9 Å². The van der Waals surface area contributed by atoms with Gasteiger partial charge in [-0.1, -0.05) is 13.8 Å². The van der Waals surface area contributed by atoms with E-state index in [9.17, 15) is 18.0 Å². The van der Waals surface area contributed by atoms with E-state index in [1.807, 2.05) is 0 Å². The lowest BCUT2D eigenvalue weighted by atomic mass is 10.1. The monoisotopic (exact) mass is 386 g/mol. The summed E-state index contributed by atoms with van der Waals surface area (Å²) in [6.45, 7) is 3.76. The fraction of sp³-hybridized carbons (Fsp3) is 0.500. The zero-order valence-electron chi connectivity index (χ0n) is 14.8. The lowest BCUT2D eigenvalue weighted by Gasteiger charge is -2.22. The zero-order chi connectivity index (χ0) is 19.3. The number of ether oxygens (including phenoxy) is 3. The van der Waals surface area contributed by atoms with Crippen LogP contribution in [0.25, 0.3) is 0 Å². The first-order valence-electron chi connectivity index (χ1n) is 8.01. The highest BCUT2D eigenvalue weighted by Gasteiger charge is 2.29. The van der Waals surface area contributed by atoms with E-state index in [0.717, 1.165) is 0 Å². The zero-order valence-corrected chi connectivity index (χ0v) is 15.6. The maximum atomic E-state index is 12.7. The van der Waals surface area contributed by atoms with Crippen LogP contribution < -0.4 is 19.5 Å². The molecule has 0 aliphatic carbocycles. The molecule has 1 atom stereocenters. The summed E-state index contributed by atoms with van der Waals surface area (Å²) in [6.07, 6.45) is 0. The maximum absolute atomic E-state index is 12.7. The van der Waals surface area contributed by atoms with Crippen molar-refractivity contribution in [3.8, 4) is 11.5 Å². The second kappa shape index (κ2) is 8.37. The Bertz CT molecular complexity index is 777. The molecule has 1 aromatic carbocycles. The van der Waals surface area contributed by atoms with Gasteiger partial charge >= 0.3 is 5.97 Å². The number of fused-ring (bicyclic) bond motifs is 1. The third-order valence-electron chi connectivity index (χ3n) is 3.69. The van der Waals surface area contributed by atoms with Gasteiger partial charge in [0.25, 0.3) is 0 Å². The summed E-state index contributed by atoms with van der Waals surface area (Å²) in [5.41, 5.74) is 0. The molecular formula is C16H22N2O7S. The van der Waals surface area contributed by atoms with Crippen LogP contribution in [-0.4, -0.2) is 53.2 Å². The van der Waals surface area contributed by atoms with Crippen molar-refractivity contribution >= 4 is 21.9 Å². The molecule has 0 bridgehead atoms. The van der Waals surface area contributed by atoms with Crippen LogP contribution in [0.5, 0.6) is 11.5 Å². The molecule has 2 N–H and O–H groups in total. The molecule has 0 unspecified atom stereocenters. The van der Waals surface area contributed by atoms with E-state index < -0.39 is 27.9 Å². The molecule has 1 aliphatic heterocycles. The number of hydrogen-bond donors (Lipinski definition) is 2. The molecule has 0 spiro atoms. The largest absolute Gasteiger partial charge is 0.486 e. The second-order valence-corrected chi connectivity index (χ2v) is 7.66. The van der Waals surface area contributed by atoms with Gasteiger partial charge in [0.15, 0.2) is 11.5 Å². The Morgan fingerprint density at radius 2 is 1.85 bits per heavy atom. The van der Waals surface area contributed by atoms with Crippen molar-refractivity contribution in [1.29, 1.82) is 0 Å². The van der Waals surface area contributed by atoms with Crippen molar-refractivity contribution in [3.05, 3.63) is 18.2 Å². The minimum atomic E-state index is -3.99. The fourth-order valence-electron chi connectivity index (χ4n) is 2.26. The normalized spacial score (nSPS) is 14.6. The van der Waals surface area contributed by atoms with Crippen LogP contribution in [0.15, 0.2) is 23.1 Å². The molecule has 0 aromatic heterocycles.